The number of carbonyl (C=O) groups is 2. The maximum atomic E-state index is 13.1. The Kier molecular flexibility index (Phi) is 5.98. The fraction of sp³-hybridized carbons (Fsp3) is 0.280. The summed E-state index contributed by atoms with van der Waals surface area (Å²) in [6, 6.07) is 19.8. The number of aryl methyl sites for hydroxylation is 1. The summed E-state index contributed by atoms with van der Waals surface area (Å²) in [7, 11) is 0. The quantitative estimate of drug-likeness (QED) is 0.690. The van der Waals surface area contributed by atoms with Crippen molar-refractivity contribution >= 4 is 11.8 Å². The molecule has 2 amide bonds. The topological polar surface area (TPSA) is 62.6 Å². The van der Waals surface area contributed by atoms with Crippen LogP contribution in [0.5, 0.6) is 0 Å². The second-order valence-corrected chi connectivity index (χ2v) is 7.84. The third-order valence-electron chi connectivity index (χ3n) is 5.75. The Morgan fingerprint density at radius 3 is 2.27 bits per heavy atom. The van der Waals surface area contributed by atoms with Gasteiger partial charge in [-0.2, -0.15) is 0 Å². The van der Waals surface area contributed by atoms with E-state index in [0.29, 0.717) is 31.5 Å². The average Bonchev–Trinajstić information content (AvgIpc) is 3.33. The predicted octanol–water partition coefficient (Wildman–Crippen LogP) is 4.35. The van der Waals surface area contributed by atoms with E-state index in [9.17, 15) is 9.59 Å². The van der Waals surface area contributed by atoms with E-state index in [1.54, 1.807) is 11.0 Å². The van der Waals surface area contributed by atoms with Crippen LogP contribution in [0, 0.1) is 12.8 Å². The summed E-state index contributed by atoms with van der Waals surface area (Å²) in [6.45, 7) is 3.20. The smallest absolute Gasteiger partial charge is 0.257 e. The van der Waals surface area contributed by atoms with Gasteiger partial charge >= 0.3 is 0 Å². The molecule has 1 aromatic heterocycles. The van der Waals surface area contributed by atoms with Gasteiger partial charge in [0.15, 0.2) is 0 Å². The first-order valence-corrected chi connectivity index (χ1v) is 10.3. The minimum absolute atomic E-state index is 0.0376. The van der Waals surface area contributed by atoms with Crippen LogP contribution in [-0.4, -0.2) is 29.8 Å². The molecule has 0 bridgehead atoms. The number of piperidine rings is 1. The zero-order valence-electron chi connectivity index (χ0n) is 17.1. The number of furan rings is 1. The molecule has 154 valence electrons. The summed E-state index contributed by atoms with van der Waals surface area (Å²) in [5.41, 5.74) is 3.86. The zero-order chi connectivity index (χ0) is 20.9. The summed E-state index contributed by atoms with van der Waals surface area (Å²) in [5, 5.41) is 3.25. The minimum Gasteiger partial charge on any atom is -0.472 e. The van der Waals surface area contributed by atoms with Crippen molar-refractivity contribution in [3.05, 3.63) is 95.4 Å². The SMILES string of the molecule is Cc1ccc(C(NC(=O)C2CCN(C(=O)c3ccoc3)CC2)c2ccccc2)cc1. The Morgan fingerprint density at radius 2 is 1.63 bits per heavy atom. The molecule has 0 saturated carbocycles. The summed E-state index contributed by atoms with van der Waals surface area (Å²) >= 11 is 0. The van der Waals surface area contributed by atoms with E-state index in [1.807, 2.05) is 30.3 Å². The second kappa shape index (κ2) is 8.99. The number of benzene rings is 2. The highest BCUT2D eigenvalue weighted by atomic mass is 16.3. The molecule has 2 heterocycles. The van der Waals surface area contributed by atoms with Gasteiger partial charge in [0.1, 0.15) is 6.26 Å². The lowest BCUT2D eigenvalue weighted by atomic mass is 9.93. The Bertz CT molecular complexity index is 973. The van der Waals surface area contributed by atoms with Crippen LogP contribution in [-0.2, 0) is 4.79 Å². The summed E-state index contributed by atoms with van der Waals surface area (Å²) in [5.74, 6) is -0.0978. The zero-order valence-corrected chi connectivity index (χ0v) is 17.1. The number of likely N-dealkylation sites (tertiary alicyclic amines) is 1. The van der Waals surface area contributed by atoms with Crippen molar-refractivity contribution in [3.8, 4) is 0 Å². The fourth-order valence-electron chi connectivity index (χ4n) is 3.94. The molecule has 0 radical (unpaired) electrons. The van der Waals surface area contributed by atoms with Crippen molar-refractivity contribution in [2.24, 2.45) is 5.92 Å². The van der Waals surface area contributed by atoms with Crippen molar-refractivity contribution in [3.63, 3.8) is 0 Å². The molecule has 2 aromatic carbocycles. The Morgan fingerprint density at radius 1 is 0.967 bits per heavy atom. The highest BCUT2D eigenvalue weighted by molar-refractivity contribution is 5.94. The Labute approximate surface area is 176 Å². The van der Waals surface area contributed by atoms with Crippen molar-refractivity contribution in [2.45, 2.75) is 25.8 Å². The van der Waals surface area contributed by atoms with Gasteiger partial charge in [0.2, 0.25) is 5.91 Å². The second-order valence-electron chi connectivity index (χ2n) is 7.84. The first-order chi connectivity index (χ1) is 14.6. The van der Waals surface area contributed by atoms with E-state index < -0.39 is 0 Å². The molecule has 1 aliphatic heterocycles. The molecule has 4 rings (SSSR count). The Balaban J connectivity index is 1.43. The van der Waals surface area contributed by atoms with Crippen LogP contribution < -0.4 is 5.32 Å². The lowest BCUT2D eigenvalue weighted by Crippen LogP contribution is -2.43. The molecule has 3 aromatic rings. The van der Waals surface area contributed by atoms with Crippen LogP contribution in [0.1, 0.15) is 45.9 Å². The number of nitrogens with zero attached hydrogens (tertiary/aromatic N) is 1. The Hall–Kier alpha value is -3.34. The van der Waals surface area contributed by atoms with Crippen LogP contribution >= 0.6 is 0 Å². The summed E-state index contributed by atoms with van der Waals surface area (Å²) in [4.78, 5) is 27.4. The molecule has 5 heteroatoms. The minimum atomic E-state index is -0.190. The largest absolute Gasteiger partial charge is 0.472 e. The molecule has 0 aliphatic carbocycles. The molecule has 30 heavy (non-hydrogen) atoms. The third-order valence-corrected chi connectivity index (χ3v) is 5.75. The van der Waals surface area contributed by atoms with Crippen LogP contribution in [0.2, 0.25) is 0 Å². The molecule has 0 spiro atoms. The number of carbonyl (C=O) groups excluding carboxylic acids is 2. The molecule has 1 fully saturated rings. The van der Waals surface area contributed by atoms with Crippen molar-refractivity contribution < 1.29 is 14.0 Å². The van der Waals surface area contributed by atoms with Gasteiger partial charge < -0.3 is 14.6 Å². The third kappa shape index (κ3) is 4.46. The lowest BCUT2D eigenvalue weighted by molar-refractivity contribution is -0.126. The maximum Gasteiger partial charge on any atom is 0.257 e. The first-order valence-electron chi connectivity index (χ1n) is 10.3. The van der Waals surface area contributed by atoms with E-state index in [0.717, 1.165) is 11.1 Å². The number of nitrogens with one attached hydrogen (secondary N) is 1. The predicted molar refractivity (Wildman–Crippen MR) is 115 cm³/mol. The molecule has 1 saturated heterocycles. The highest BCUT2D eigenvalue weighted by Crippen LogP contribution is 2.25. The van der Waals surface area contributed by atoms with Crippen LogP contribution in [0.15, 0.2) is 77.6 Å². The van der Waals surface area contributed by atoms with E-state index in [2.05, 4.69) is 36.5 Å². The number of amides is 2. The van der Waals surface area contributed by atoms with Gasteiger partial charge in [0.25, 0.3) is 5.91 Å². The molecule has 1 N–H and O–H groups in total. The van der Waals surface area contributed by atoms with Gasteiger partial charge in [0, 0.05) is 19.0 Å². The van der Waals surface area contributed by atoms with Gasteiger partial charge in [-0.05, 0) is 37.0 Å². The lowest BCUT2D eigenvalue weighted by Gasteiger charge is -2.32. The van der Waals surface area contributed by atoms with Crippen molar-refractivity contribution in [1.29, 1.82) is 0 Å². The van der Waals surface area contributed by atoms with E-state index >= 15 is 0 Å². The van der Waals surface area contributed by atoms with E-state index in [1.165, 1.54) is 18.1 Å². The standard InChI is InChI=1S/C25H26N2O3/c1-18-7-9-20(10-8-18)23(19-5-3-2-4-6-19)26-24(28)21-11-14-27(15-12-21)25(29)22-13-16-30-17-22/h2-10,13,16-17,21,23H,11-12,14-15H2,1H3,(H,26,28). The van der Waals surface area contributed by atoms with E-state index in [4.69, 9.17) is 4.42 Å². The molecule has 1 unspecified atom stereocenters. The first kappa shape index (κ1) is 20.0. The van der Waals surface area contributed by atoms with Crippen molar-refractivity contribution in [1.82, 2.24) is 10.2 Å². The number of hydrogen-bond acceptors (Lipinski definition) is 3. The van der Waals surface area contributed by atoms with Gasteiger partial charge in [-0.15, -0.1) is 0 Å². The maximum absolute atomic E-state index is 13.1. The normalized spacial score (nSPS) is 15.6. The van der Waals surface area contributed by atoms with Crippen LogP contribution in [0.3, 0.4) is 0 Å². The molecule has 1 aliphatic rings. The summed E-state index contributed by atoms with van der Waals surface area (Å²) in [6.07, 6.45) is 4.28. The molecular formula is C25H26N2O3. The number of rotatable bonds is 5. The van der Waals surface area contributed by atoms with Gasteiger partial charge in [0.05, 0.1) is 17.9 Å². The van der Waals surface area contributed by atoms with E-state index in [-0.39, 0.29) is 23.8 Å². The monoisotopic (exact) mass is 402 g/mol. The fourth-order valence-corrected chi connectivity index (χ4v) is 3.94. The average molecular weight is 402 g/mol. The molecular weight excluding hydrogens is 376 g/mol. The van der Waals surface area contributed by atoms with Crippen LogP contribution in [0.25, 0.3) is 0 Å². The van der Waals surface area contributed by atoms with Gasteiger partial charge in [-0.3, -0.25) is 9.59 Å². The van der Waals surface area contributed by atoms with Crippen LogP contribution in [0.4, 0.5) is 0 Å². The van der Waals surface area contributed by atoms with Gasteiger partial charge in [-0.25, -0.2) is 0 Å². The summed E-state index contributed by atoms with van der Waals surface area (Å²) < 4.78 is 5.01. The molecule has 5 nitrogen and oxygen atoms in total. The molecule has 1 atom stereocenters. The van der Waals surface area contributed by atoms with Crippen molar-refractivity contribution in [2.75, 3.05) is 13.1 Å². The number of hydrogen-bond donors (Lipinski definition) is 1. The highest BCUT2D eigenvalue weighted by Gasteiger charge is 2.29. The van der Waals surface area contributed by atoms with Gasteiger partial charge in [-0.1, -0.05) is 60.2 Å².